The SMILES string of the molecule is O=C(NCc1ccccc1)C(=Cc1ccc(Cl)cc1)NC(=O)c1ccccc1. The number of hydrogen-bond donors (Lipinski definition) is 2. The zero-order valence-electron chi connectivity index (χ0n) is 15.1. The molecule has 0 aliphatic heterocycles. The largest absolute Gasteiger partial charge is 0.347 e. The lowest BCUT2D eigenvalue weighted by molar-refractivity contribution is -0.117. The summed E-state index contributed by atoms with van der Waals surface area (Å²) < 4.78 is 0. The number of rotatable bonds is 6. The Morgan fingerprint density at radius 3 is 2.07 bits per heavy atom. The van der Waals surface area contributed by atoms with E-state index in [4.69, 9.17) is 11.6 Å². The second-order valence-electron chi connectivity index (χ2n) is 6.10. The topological polar surface area (TPSA) is 58.2 Å². The molecule has 0 saturated carbocycles. The van der Waals surface area contributed by atoms with E-state index in [2.05, 4.69) is 10.6 Å². The number of carbonyl (C=O) groups excluding carboxylic acids is 2. The van der Waals surface area contributed by atoms with Crippen molar-refractivity contribution in [2.45, 2.75) is 6.54 Å². The molecule has 0 bridgehead atoms. The Balaban J connectivity index is 1.80. The fraction of sp³-hybridized carbons (Fsp3) is 0.0435. The first-order valence-electron chi connectivity index (χ1n) is 8.77. The minimum absolute atomic E-state index is 0.159. The van der Waals surface area contributed by atoms with Gasteiger partial charge in [-0.25, -0.2) is 0 Å². The van der Waals surface area contributed by atoms with E-state index in [0.717, 1.165) is 11.1 Å². The highest BCUT2D eigenvalue weighted by Crippen LogP contribution is 2.13. The Morgan fingerprint density at radius 2 is 1.43 bits per heavy atom. The van der Waals surface area contributed by atoms with Gasteiger partial charge in [0.25, 0.3) is 11.8 Å². The van der Waals surface area contributed by atoms with Crippen molar-refractivity contribution in [3.05, 3.63) is 112 Å². The summed E-state index contributed by atoms with van der Waals surface area (Å²) in [5.41, 5.74) is 2.35. The van der Waals surface area contributed by atoms with Crippen LogP contribution in [0.5, 0.6) is 0 Å². The van der Waals surface area contributed by atoms with Crippen molar-refractivity contribution < 1.29 is 9.59 Å². The second-order valence-corrected chi connectivity index (χ2v) is 6.53. The minimum Gasteiger partial charge on any atom is -0.347 e. The Hall–Kier alpha value is -3.37. The lowest BCUT2D eigenvalue weighted by Crippen LogP contribution is -2.34. The first-order valence-corrected chi connectivity index (χ1v) is 9.15. The van der Waals surface area contributed by atoms with E-state index in [0.29, 0.717) is 17.1 Å². The van der Waals surface area contributed by atoms with E-state index >= 15 is 0 Å². The summed E-state index contributed by atoms with van der Waals surface area (Å²) in [6.07, 6.45) is 1.62. The van der Waals surface area contributed by atoms with Crippen LogP contribution in [0.4, 0.5) is 0 Å². The number of nitrogens with one attached hydrogen (secondary N) is 2. The predicted molar refractivity (Wildman–Crippen MR) is 112 cm³/mol. The molecule has 0 heterocycles. The van der Waals surface area contributed by atoms with Gasteiger partial charge in [-0.3, -0.25) is 9.59 Å². The van der Waals surface area contributed by atoms with Crippen LogP contribution in [0.15, 0.2) is 90.6 Å². The highest BCUT2D eigenvalue weighted by Gasteiger charge is 2.14. The summed E-state index contributed by atoms with van der Waals surface area (Å²) in [6.45, 7) is 0.360. The smallest absolute Gasteiger partial charge is 0.268 e. The zero-order valence-corrected chi connectivity index (χ0v) is 15.8. The molecule has 2 amide bonds. The van der Waals surface area contributed by atoms with Crippen LogP contribution in [-0.2, 0) is 11.3 Å². The van der Waals surface area contributed by atoms with Crippen LogP contribution in [0.3, 0.4) is 0 Å². The molecule has 2 N–H and O–H groups in total. The van der Waals surface area contributed by atoms with Gasteiger partial charge in [-0.05, 0) is 41.5 Å². The standard InChI is InChI=1S/C23H19ClN2O2/c24-20-13-11-17(12-14-20)15-21(26-22(27)19-9-5-2-6-10-19)23(28)25-16-18-7-3-1-4-8-18/h1-15H,16H2,(H,25,28)(H,26,27). The highest BCUT2D eigenvalue weighted by molar-refractivity contribution is 6.30. The van der Waals surface area contributed by atoms with Gasteiger partial charge in [0.05, 0.1) is 0 Å². The van der Waals surface area contributed by atoms with E-state index in [-0.39, 0.29) is 17.5 Å². The van der Waals surface area contributed by atoms with Crippen molar-refractivity contribution in [2.24, 2.45) is 0 Å². The normalized spacial score (nSPS) is 11.0. The molecule has 140 valence electrons. The summed E-state index contributed by atoms with van der Waals surface area (Å²) in [5.74, 6) is -0.723. The molecule has 0 aliphatic rings. The molecule has 0 aliphatic carbocycles. The molecule has 3 rings (SSSR count). The minimum atomic E-state index is -0.372. The van der Waals surface area contributed by atoms with E-state index < -0.39 is 0 Å². The van der Waals surface area contributed by atoms with Crippen LogP contribution in [0.25, 0.3) is 6.08 Å². The average molecular weight is 391 g/mol. The molecule has 0 saturated heterocycles. The first-order chi connectivity index (χ1) is 13.6. The summed E-state index contributed by atoms with van der Waals surface area (Å²) in [7, 11) is 0. The fourth-order valence-corrected chi connectivity index (χ4v) is 2.67. The molecule has 4 nitrogen and oxygen atoms in total. The van der Waals surface area contributed by atoms with Crippen molar-refractivity contribution in [3.8, 4) is 0 Å². The number of amides is 2. The van der Waals surface area contributed by atoms with Crippen molar-refractivity contribution in [2.75, 3.05) is 0 Å². The average Bonchev–Trinajstić information content (AvgIpc) is 2.74. The summed E-state index contributed by atoms with van der Waals surface area (Å²) in [4.78, 5) is 25.3. The van der Waals surface area contributed by atoms with Crippen LogP contribution in [0, 0.1) is 0 Å². The molecule has 0 aromatic heterocycles. The monoisotopic (exact) mass is 390 g/mol. The van der Waals surface area contributed by atoms with Gasteiger partial charge < -0.3 is 10.6 Å². The predicted octanol–water partition coefficient (Wildman–Crippen LogP) is 4.43. The van der Waals surface area contributed by atoms with Gasteiger partial charge >= 0.3 is 0 Å². The molecule has 5 heteroatoms. The van der Waals surface area contributed by atoms with Crippen LogP contribution >= 0.6 is 11.6 Å². The van der Waals surface area contributed by atoms with Gasteiger partial charge in [0.2, 0.25) is 0 Å². The van der Waals surface area contributed by atoms with Crippen LogP contribution < -0.4 is 10.6 Å². The van der Waals surface area contributed by atoms with Gasteiger partial charge in [-0.1, -0.05) is 72.3 Å². The molecule has 0 unspecified atom stereocenters. The third-order valence-electron chi connectivity index (χ3n) is 4.01. The van der Waals surface area contributed by atoms with Crippen molar-refractivity contribution >= 4 is 29.5 Å². The fourth-order valence-electron chi connectivity index (χ4n) is 2.54. The van der Waals surface area contributed by atoms with E-state index in [1.807, 2.05) is 36.4 Å². The molecule has 3 aromatic carbocycles. The molecule has 28 heavy (non-hydrogen) atoms. The third-order valence-corrected chi connectivity index (χ3v) is 4.26. The van der Waals surface area contributed by atoms with Crippen molar-refractivity contribution in [1.82, 2.24) is 10.6 Å². The van der Waals surface area contributed by atoms with Gasteiger partial charge in [0, 0.05) is 17.1 Å². The Kier molecular flexibility index (Phi) is 6.60. The lowest BCUT2D eigenvalue weighted by atomic mass is 10.1. The molecule has 0 radical (unpaired) electrons. The maximum Gasteiger partial charge on any atom is 0.268 e. The maximum atomic E-state index is 12.7. The molecular weight excluding hydrogens is 372 g/mol. The number of halogens is 1. The number of carbonyl (C=O) groups is 2. The van der Waals surface area contributed by atoms with Crippen LogP contribution in [-0.4, -0.2) is 11.8 Å². The van der Waals surface area contributed by atoms with E-state index in [1.165, 1.54) is 0 Å². The third kappa shape index (κ3) is 5.56. The molecule has 0 spiro atoms. The van der Waals surface area contributed by atoms with Gasteiger partial charge in [-0.2, -0.15) is 0 Å². The summed E-state index contributed by atoms with van der Waals surface area (Å²) in [5, 5.41) is 6.15. The van der Waals surface area contributed by atoms with Gasteiger partial charge in [0.15, 0.2) is 0 Å². The quantitative estimate of drug-likeness (QED) is 0.612. The van der Waals surface area contributed by atoms with Gasteiger partial charge in [0.1, 0.15) is 5.70 Å². The lowest BCUT2D eigenvalue weighted by Gasteiger charge is -2.11. The second kappa shape index (κ2) is 9.53. The Bertz CT molecular complexity index is 969. The maximum absolute atomic E-state index is 12.7. The van der Waals surface area contributed by atoms with Crippen molar-refractivity contribution in [1.29, 1.82) is 0 Å². The molecule has 0 fully saturated rings. The number of hydrogen-bond acceptors (Lipinski definition) is 2. The first kappa shape index (κ1) is 19.4. The van der Waals surface area contributed by atoms with Crippen LogP contribution in [0.2, 0.25) is 5.02 Å². The van der Waals surface area contributed by atoms with Crippen LogP contribution in [0.1, 0.15) is 21.5 Å². The molecule has 3 aromatic rings. The van der Waals surface area contributed by atoms with E-state index in [1.54, 1.807) is 54.6 Å². The molecular formula is C23H19ClN2O2. The Morgan fingerprint density at radius 1 is 0.821 bits per heavy atom. The molecule has 0 atom stereocenters. The summed E-state index contributed by atoms with van der Waals surface area (Å²) >= 11 is 5.92. The van der Waals surface area contributed by atoms with Gasteiger partial charge in [-0.15, -0.1) is 0 Å². The highest BCUT2D eigenvalue weighted by atomic mass is 35.5. The van der Waals surface area contributed by atoms with Crippen molar-refractivity contribution in [3.63, 3.8) is 0 Å². The number of benzene rings is 3. The van der Waals surface area contributed by atoms with E-state index in [9.17, 15) is 9.59 Å². The zero-order chi connectivity index (χ0) is 19.8. The Labute approximate surface area is 168 Å². The summed E-state index contributed by atoms with van der Waals surface area (Å²) in [6, 6.07) is 25.3.